The van der Waals surface area contributed by atoms with Gasteiger partial charge < -0.3 is 28.9 Å². The van der Waals surface area contributed by atoms with Crippen LogP contribution in [0.4, 0.5) is 0 Å². The van der Waals surface area contributed by atoms with Crippen LogP contribution in [0.3, 0.4) is 0 Å². The first kappa shape index (κ1) is 17.1. The zero-order valence-electron chi connectivity index (χ0n) is 15.4. The Morgan fingerprint density at radius 2 is 1.11 bits per heavy atom. The minimum Gasteiger partial charge on any atom is -0.378 e. The van der Waals surface area contributed by atoms with Crippen molar-refractivity contribution >= 4 is 23.6 Å². The van der Waals surface area contributed by atoms with E-state index in [1.807, 2.05) is 0 Å². The minimum atomic E-state index is -0.217. The highest BCUT2D eigenvalue weighted by Crippen LogP contribution is 2.21. The molecule has 0 aromatic carbocycles. The third-order valence-corrected chi connectivity index (χ3v) is 5.30. The van der Waals surface area contributed by atoms with Gasteiger partial charge in [-0.3, -0.25) is 0 Å². The lowest BCUT2D eigenvalue weighted by atomic mass is 10.2. The smallest absolute Gasteiger partial charge is 0.229 e. The summed E-state index contributed by atoms with van der Waals surface area (Å²) in [6.07, 6.45) is 0. The lowest BCUT2D eigenvalue weighted by Gasteiger charge is -2.35. The van der Waals surface area contributed by atoms with Crippen LogP contribution in [0.25, 0.3) is 0 Å². The molecule has 0 aromatic heterocycles. The molecule has 3 fully saturated rings. The highest BCUT2D eigenvalue weighted by atomic mass is 16.5. The maximum atomic E-state index is 5.52. The molecule has 1 unspecified atom stereocenters. The molecule has 5 heterocycles. The molecule has 5 aliphatic heterocycles. The summed E-state index contributed by atoms with van der Waals surface area (Å²) in [7, 11) is 0. The van der Waals surface area contributed by atoms with Crippen molar-refractivity contribution in [3.8, 4) is 0 Å². The van der Waals surface area contributed by atoms with Crippen LogP contribution in [-0.2, 0) is 14.2 Å². The zero-order valence-corrected chi connectivity index (χ0v) is 15.4. The van der Waals surface area contributed by atoms with E-state index < -0.39 is 0 Å². The molecule has 1 atom stereocenters. The largest absolute Gasteiger partial charge is 0.378 e. The molecule has 0 radical (unpaired) electrons. The normalized spacial score (nSPS) is 29.0. The molecule has 0 spiro atoms. The van der Waals surface area contributed by atoms with Crippen LogP contribution in [0.5, 0.6) is 0 Å². The van der Waals surface area contributed by atoms with Gasteiger partial charge in [0, 0.05) is 39.3 Å². The fourth-order valence-corrected chi connectivity index (χ4v) is 3.77. The van der Waals surface area contributed by atoms with Crippen molar-refractivity contribution in [2.45, 2.75) is 6.04 Å². The lowest BCUT2D eigenvalue weighted by molar-refractivity contribution is 0.0652. The molecule has 146 valence electrons. The van der Waals surface area contributed by atoms with Gasteiger partial charge in [-0.15, -0.1) is 0 Å². The van der Waals surface area contributed by atoms with Crippen LogP contribution in [0.15, 0.2) is 20.0 Å². The quantitative estimate of drug-likeness (QED) is 0.534. The second-order valence-electron chi connectivity index (χ2n) is 6.98. The lowest BCUT2D eigenvalue weighted by Crippen LogP contribution is -2.51. The van der Waals surface area contributed by atoms with Crippen LogP contribution < -0.4 is 0 Å². The Bertz CT molecular complexity index is 687. The Balaban J connectivity index is 1.45. The molecule has 0 amide bonds. The summed E-state index contributed by atoms with van der Waals surface area (Å²) in [6.45, 7) is 9.11. The van der Waals surface area contributed by atoms with E-state index in [1.165, 1.54) is 0 Å². The fraction of sp³-hybridized carbons (Fsp3) is 0.765. The van der Waals surface area contributed by atoms with Crippen molar-refractivity contribution in [3.05, 3.63) is 0 Å². The van der Waals surface area contributed by atoms with Crippen LogP contribution in [0, 0.1) is 0 Å². The van der Waals surface area contributed by atoms with Crippen molar-refractivity contribution in [2.75, 3.05) is 78.9 Å². The Kier molecular flexibility index (Phi) is 4.76. The minimum absolute atomic E-state index is 0.217. The second-order valence-corrected chi connectivity index (χ2v) is 6.98. The number of rotatable bonds is 0. The predicted octanol–water partition coefficient (Wildman–Crippen LogP) is -1.11. The maximum absolute atomic E-state index is 5.52. The van der Waals surface area contributed by atoms with Gasteiger partial charge in [0.25, 0.3) is 0 Å². The summed E-state index contributed by atoms with van der Waals surface area (Å²) in [4.78, 5) is 26.0. The first-order valence-electron chi connectivity index (χ1n) is 9.70. The third-order valence-electron chi connectivity index (χ3n) is 5.30. The van der Waals surface area contributed by atoms with Crippen molar-refractivity contribution in [1.29, 1.82) is 0 Å². The van der Waals surface area contributed by atoms with Crippen molar-refractivity contribution < 1.29 is 14.2 Å². The summed E-state index contributed by atoms with van der Waals surface area (Å²) >= 11 is 0. The summed E-state index contributed by atoms with van der Waals surface area (Å²) in [6, 6.07) is -0.217. The number of hydrogen-bond donors (Lipinski definition) is 0. The number of guanidine groups is 2. The number of hydrogen-bond acceptors (Lipinski definition) is 10. The van der Waals surface area contributed by atoms with Crippen LogP contribution in [0.2, 0.25) is 0 Å². The van der Waals surface area contributed by atoms with E-state index in [1.54, 1.807) is 0 Å². The highest BCUT2D eigenvalue weighted by Gasteiger charge is 2.37. The fourth-order valence-electron chi connectivity index (χ4n) is 3.77. The van der Waals surface area contributed by atoms with Gasteiger partial charge >= 0.3 is 0 Å². The summed E-state index contributed by atoms with van der Waals surface area (Å²) in [5.41, 5.74) is 0. The van der Waals surface area contributed by atoms with Crippen molar-refractivity contribution in [2.24, 2.45) is 20.0 Å². The molecular weight excluding hydrogens is 350 g/mol. The molecule has 5 aliphatic rings. The van der Waals surface area contributed by atoms with E-state index in [2.05, 4.69) is 14.7 Å². The maximum Gasteiger partial charge on any atom is 0.229 e. The summed E-state index contributed by atoms with van der Waals surface area (Å²) < 4.78 is 16.4. The van der Waals surface area contributed by atoms with E-state index in [0.29, 0.717) is 39.6 Å². The highest BCUT2D eigenvalue weighted by molar-refractivity contribution is 6.24. The number of aliphatic imine (C=N–C) groups is 4. The van der Waals surface area contributed by atoms with Gasteiger partial charge in [-0.25, -0.2) is 4.99 Å². The molecule has 0 bridgehead atoms. The van der Waals surface area contributed by atoms with Gasteiger partial charge in [0.1, 0.15) is 5.84 Å². The van der Waals surface area contributed by atoms with E-state index in [9.17, 15) is 0 Å². The van der Waals surface area contributed by atoms with Crippen LogP contribution in [-0.4, -0.2) is 123 Å². The number of fused-ring (bicyclic) bond motifs is 1. The average molecular weight is 375 g/mol. The zero-order chi connectivity index (χ0) is 18.1. The summed E-state index contributed by atoms with van der Waals surface area (Å²) in [5, 5.41) is 0. The standard InChI is InChI=1S/C17H25N7O3/c1-7-25-8-2-22(1)15-13-14(19-16(18-13)23-3-9-26-10-4-23)20-17(21-15)24-5-11-27-12-6-24/h13H,1-12H2. The molecule has 0 N–H and O–H groups in total. The predicted molar refractivity (Wildman–Crippen MR) is 101 cm³/mol. The SMILES string of the molecule is C1CN(C2=NC3=NC(N4CCOCC4)=NC3C(N3CCOCC3)=N2)CCO1. The van der Waals surface area contributed by atoms with E-state index in [-0.39, 0.29) is 6.04 Å². The molecule has 0 aliphatic carbocycles. The monoisotopic (exact) mass is 375 g/mol. The van der Waals surface area contributed by atoms with Gasteiger partial charge in [-0.2, -0.15) is 15.0 Å². The molecule has 10 heteroatoms. The van der Waals surface area contributed by atoms with Gasteiger partial charge in [0.2, 0.25) is 11.9 Å². The van der Waals surface area contributed by atoms with Gasteiger partial charge in [-0.05, 0) is 0 Å². The number of nitrogens with zero attached hydrogens (tertiary/aromatic N) is 7. The molecule has 27 heavy (non-hydrogen) atoms. The van der Waals surface area contributed by atoms with Gasteiger partial charge in [0.15, 0.2) is 11.9 Å². The molecular formula is C17H25N7O3. The van der Waals surface area contributed by atoms with E-state index in [4.69, 9.17) is 34.2 Å². The number of ether oxygens (including phenoxy) is 3. The molecule has 10 nitrogen and oxygen atoms in total. The second kappa shape index (κ2) is 7.53. The molecule has 3 saturated heterocycles. The Morgan fingerprint density at radius 1 is 0.593 bits per heavy atom. The molecule has 0 aromatic rings. The van der Waals surface area contributed by atoms with Crippen molar-refractivity contribution in [1.82, 2.24) is 14.7 Å². The Labute approximate surface area is 158 Å². The van der Waals surface area contributed by atoms with E-state index in [0.717, 1.165) is 62.9 Å². The topological polar surface area (TPSA) is 86.9 Å². The van der Waals surface area contributed by atoms with Crippen molar-refractivity contribution in [3.63, 3.8) is 0 Å². The number of amidine groups is 2. The number of morpholine rings is 3. The Hall–Kier alpha value is -2.04. The first-order chi connectivity index (χ1) is 13.4. The van der Waals surface area contributed by atoms with Crippen LogP contribution >= 0.6 is 0 Å². The third kappa shape index (κ3) is 3.44. The van der Waals surface area contributed by atoms with Crippen LogP contribution in [0.1, 0.15) is 0 Å². The van der Waals surface area contributed by atoms with Gasteiger partial charge in [-0.1, -0.05) is 0 Å². The van der Waals surface area contributed by atoms with E-state index >= 15 is 0 Å². The Morgan fingerprint density at radius 3 is 1.70 bits per heavy atom. The average Bonchev–Trinajstić information content (AvgIpc) is 3.19. The van der Waals surface area contributed by atoms with Gasteiger partial charge in [0.05, 0.1) is 39.6 Å². The summed E-state index contributed by atoms with van der Waals surface area (Å²) in [5.74, 6) is 3.17. The first-order valence-corrected chi connectivity index (χ1v) is 9.70. The molecule has 0 saturated carbocycles. The molecule has 5 rings (SSSR count).